The molecule has 1 aliphatic heterocycles. The third-order valence-electron chi connectivity index (χ3n) is 6.05. The van der Waals surface area contributed by atoms with Crippen molar-refractivity contribution in [2.75, 3.05) is 11.9 Å². The molecule has 3 atom stereocenters. The highest BCUT2D eigenvalue weighted by molar-refractivity contribution is 6.20. The van der Waals surface area contributed by atoms with E-state index >= 15 is 0 Å². The maximum Gasteiger partial charge on any atom is 0.389 e. The standard InChI is InChI=1S/C25H24F6N4O3/c1-35-18-10-6-5-9-16(18)19(14-7-3-2-4-8-14)33-21(23(35)38)34-22(37)15(11-12-24(26,27)28)17(20(32)36)13-25(29,30)31/h2-10,15,17,21H,11-13H2,1H3,(H2,32,36)(H,34,37)/t15-,17+,21-/m1/s1. The molecule has 1 heterocycles. The van der Waals surface area contributed by atoms with Crippen molar-refractivity contribution in [1.29, 1.82) is 0 Å². The van der Waals surface area contributed by atoms with Crippen LogP contribution < -0.4 is 16.0 Å². The number of primary amides is 1. The summed E-state index contributed by atoms with van der Waals surface area (Å²) in [6.07, 6.45) is -16.2. The van der Waals surface area contributed by atoms with Crippen molar-refractivity contribution in [2.24, 2.45) is 22.6 Å². The molecular weight excluding hydrogens is 518 g/mol. The summed E-state index contributed by atoms with van der Waals surface area (Å²) in [6, 6.07) is 15.1. The fraction of sp³-hybridized carbons (Fsp3) is 0.360. The molecule has 1 aliphatic rings. The van der Waals surface area contributed by atoms with E-state index in [1.807, 2.05) is 0 Å². The first-order valence-electron chi connectivity index (χ1n) is 11.4. The molecule has 0 fully saturated rings. The number of hydrogen-bond donors (Lipinski definition) is 2. The molecule has 3 amide bonds. The highest BCUT2D eigenvalue weighted by atomic mass is 19.4. The maximum atomic E-state index is 13.2. The summed E-state index contributed by atoms with van der Waals surface area (Å²) in [5.74, 6) is -8.16. The summed E-state index contributed by atoms with van der Waals surface area (Å²) in [5.41, 5.74) is 6.81. The Kier molecular flexibility index (Phi) is 8.48. The number of carbonyl (C=O) groups is 3. The van der Waals surface area contributed by atoms with Crippen LogP contribution in [0.3, 0.4) is 0 Å². The van der Waals surface area contributed by atoms with E-state index in [1.54, 1.807) is 54.6 Å². The number of likely N-dealkylation sites (N-methyl/N-ethyl adjacent to an activating group) is 1. The van der Waals surface area contributed by atoms with Crippen LogP contribution in [0.1, 0.15) is 30.4 Å². The number of para-hydroxylation sites is 1. The average Bonchev–Trinajstić information content (AvgIpc) is 2.93. The van der Waals surface area contributed by atoms with E-state index in [9.17, 15) is 40.7 Å². The fourth-order valence-electron chi connectivity index (χ4n) is 4.21. The molecule has 0 bridgehead atoms. The predicted octanol–water partition coefficient (Wildman–Crippen LogP) is 3.96. The molecule has 0 unspecified atom stereocenters. The van der Waals surface area contributed by atoms with E-state index in [4.69, 9.17) is 5.73 Å². The van der Waals surface area contributed by atoms with Crippen molar-refractivity contribution in [2.45, 2.75) is 37.8 Å². The number of anilines is 1. The summed E-state index contributed by atoms with van der Waals surface area (Å²) in [5, 5.41) is 2.17. The van der Waals surface area contributed by atoms with E-state index in [-0.39, 0.29) is 5.71 Å². The first-order chi connectivity index (χ1) is 17.7. The Bertz CT molecular complexity index is 1210. The number of hydrogen-bond acceptors (Lipinski definition) is 4. The molecule has 2 aromatic rings. The van der Waals surface area contributed by atoms with E-state index in [1.165, 1.54) is 11.9 Å². The molecule has 0 radical (unpaired) electrons. The van der Waals surface area contributed by atoms with Crippen LogP contribution in [-0.2, 0) is 14.4 Å². The molecule has 13 heteroatoms. The van der Waals surface area contributed by atoms with Crippen molar-refractivity contribution in [3.05, 3.63) is 65.7 Å². The maximum absolute atomic E-state index is 13.2. The van der Waals surface area contributed by atoms with Gasteiger partial charge in [0.25, 0.3) is 5.91 Å². The van der Waals surface area contributed by atoms with Gasteiger partial charge in [-0.25, -0.2) is 4.99 Å². The van der Waals surface area contributed by atoms with Crippen LogP contribution >= 0.6 is 0 Å². The van der Waals surface area contributed by atoms with Crippen LogP contribution in [0.25, 0.3) is 0 Å². The summed E-state index contributed by atoms with van der Waals surface area (Å²) in [7, 11) is 1.39. The molecule has 38 heavy (non-hydrogen) atoms. The Morgan fingerprint density at radius 2 is 1.58 bits per heavy atom. The quantitative estimate of drug-likeness (QED) is 0.494. The van der Waals surface area contributed by atoms with Gasteiger partial charge in [-0.2, -0.15) is 26.3 Å². The van der Waals surface area contributed by atoms with Gasteiger partial charge in [-0.15, -0.1) is 0 Å². The fourth-order valence-corrected chi connectivity index (χ4v) is 4.21. The molecule has 0 saturated carbocycles. The topological polar surface area (TPSA) is 105 Å². The molecule has 3 N–H and O–H groups in total. The summed E-state index contributed by atoms with van der Waals surface area (Å²) >= 11 is 0. The smallest absolute Gasteiger partial charge is 0.369 e. The lowest BCUT2D eigenvalue weighted by atomic mass is 9.84. The highest BCUT2D eigenvalue weighted by Gasteiger charge is 2.44. The van der Waals surface area contributed by atoms with Crippen LogP contribution in [0.5, 0.6) is 0 Å². The zero-order valence-electron chi connectivity index (χ0n) is 20.0. The van der Waals surface area contributed by atoms with Crippen LogP contribution in [0.2, 0.25) is 0 Å². The Balaban J connectivity index is 2.03. The number of nitrogens with zero attached hydrogens (tertiary/aromatic N) is 2. The zero-order valence-corrected chi connectivity index (χ0v) is 20.0. The lowest BCUT2D eigenvalue weighted by Gasteiger charge is -2.27. The Hall–Kier alpha value is -3.90. The molecule has 204 valence electrons. The van der Waals surface area contributed by atoms with E-state index in [0.29, 0.717) is 16.8 Å². The van der Waals surface area contributed by atoms with Crippen LogP contribution in [0.15, 0.2) is 59.6 Å². The van der Waals surface area contributed by atoms with Gasteiger partial charge in [0, 0.05) is 24.6 Å². The van der Waals surface area contributed by atoms with Gasteiger partial charge in [0.2, 0.25) is 18.0 Å². The van der Waals surface area contributed by atoms with E-state index < -0.39 is 67.3 Å². The Labute approximate surface area is 213 Å². The third-order valence-corrected chi connectivity index (χ3v) is 6.05. The van der Waals surface area contributed by atoms with Crippen molar-refractivity contribution in [3.8, 4) is 0 Å². The summed E-state index contributed by atoms with van der Waals surface area (Å²) in [6.45, 7) is 0. The molecule has 7 nitrogen and oxygen atoms in total. The van der Waals surface area contributed by atoms with Gasteiger partial charge in [-0.3, -0.25) is 14.4 Å². The highest BCUT2D eigenvalue weighted by Crippen LogP contribution is 2.34. The second-order valence-corrected chi connectivity index (χ2v) is 8.76. The van der Waals surface area contributed by atoms with Gasteiger partial charge in [0.1, 0.15) is 0 Å². The number of fused-ring (bicyclic) bond motifs is 1. The van der Waals surface area contributed by atoms with Crippen molar-refractivity contribution < 1.29 is 40.7 Å². The van der Waals surface area contributed by atoms with E-state index in [2.05, 4.69) is 10.3 Å². The van der Waals surface area contributed by atoms with Gasteiger partial charge in [0.05, 0.1) is 29.7 Å². The van der Waals surface area contributed by atoms with Crippen molar-refractivity contribution in [1.82, 2.24) is 5.32 Å². The summed E-state index contributed by atoms with van der Waals surface area (Å²) in [4.78, 5) is 43.8. The van der Waals surface area contributed by atoms with Crippen LogP contribution in [0.4, 0.5) is 32.0 Å². The number of benzodiazepines with no additional fused rings is 1. The average molecular weight is 542 g/mol. The van der Waals surface area contributed by atoms with Gasteiger partial charge in [-0.05, 0) is 12.5 Å². The number of benzene rings is 2. The number of carbonyl (C=O) groups excluding carboxylic acids is 3. The van der Waals surface area contributed by atoms with Gasteiger partial charge in [-0.1, -0.05) is 48.5 Å². The number of nitrogens with one attached hydrogen (secondary N) is 1. The van der Waals surface area contributed by atoms with Crippen molar-refractivity contribution >= 4 is 29.1 Å². The lowest BCUT2D eigenvalue weighted by molar-refractivity contribution is -0.164. The molecular formula is C25H24F6N4O3. The Morgan fingerprint density at radius 3 is 2.16 bits per heavy atom. The largest absolute Gasteiger partial charge is 0.389 e. The molecule has 0 saturated heterocycles. The lowest BCUT2D eigenvalue weighted by Crippen LogP contribution is -2.50. The molecule has 0 aromatic heterocycles. The number of alkyl halides is 6. The monoisotopic (exact) mass is 542 g/mol. The zero-order chi connectivity index (χ0) is 28.3. The SMILES string of the molecule is CN1C(=O)[C@@H](NC(=O)[C@H](CCC(F)(F)F)[C@H](CC(F)(F)F)C(N)=O)N=C(c2ccccc2)c2ccccc21. The van der Waals surface area contributed by atoms with Crippen molar-refractivity contribution in [3.63, 3.8) is 0 Å². The first-order valence-corrected chi connectivity index (χ1v) is 11.4. The van der Waals surface area contributed by atoms with Gasteiger partial charge >= 0.3 is 12.4 Å². The first kappa shape index (κ1) is 28.7. The Morgan fingerprint density at radius 1 is 0.974 bits per heavy atom. The second-order valence-electron chi connectivity index (χ2n) is 8.76. The van der Waals surface area contributed by atoms with Gasteiger partial charge < -0.3 is 16.0 Å². The van der Waals surface area contributed by atoms with E-state index in [0.717, 1.165) is 0 Å². The minimum atomic E-state index is -4.99. The summed E-state index contributed by atoms with van der Waals surface area (Å²) < 4.78 is 78.2. The van der Waals surface area contributed by atoms with Crippen LogP contribution in [-0.4, -0.2) is 49.0 Å². The molecule has 2 aromatic carbocycles. The number of halogens is 6. The normalized spacial score (nSPS) is 17.7. The molecule has 0 spiro atoms. The number of nitrogens with two attached hydrogens (primary N) is 1. The third kappa shape index (κ3) is 7.11. The molecule has 3 rings (SSSR count). The number of rotatable bonds is 8. The minimum absolute atomic E-state index is 0.262. The predicted molar refractivity (Wildman–Crippen MR) is 126 cm³/mol. The minimum Gasteiger partial charge on any atom is -0.369 e. The van der Waals surface area contributed by atoms with Crippen LogP contribution in [0, 0.1) is 11.8 Å². The number of amides is 3. The molecule has 0 aliphatic carbocycles. The number of aliphatic imine (C=N–C) groups is 1. The second kappa shape index (κ2) is 11.2. The van der Waals surface area contributed by atoms with Gasteiger partial charge in [0.15, 0.2) is 0 Å².